The van der Waals surface area contributed by atoms with Gasteiger partial charge in [-0.05, 0) is 30.7 Å². The number of aromatic nitrogens is 2. The van der Waals surface area contributed by atoms with Crippen LogP contribution in [0.1, 0.15) is 28.0 Å². The number of pyridine rings is 1. The van der Waals surface area contributed by atoms with Crippen molar-refractivity contribution in [3.8, 4) is 16.3 Å². The lowest BCUT2D eigenvalue weighted by molar-refractivity contribution is -0.140. The molecule has 1 aromatic carbocycles. The fraction of sp³-hybridized carbons (Fsp3) is 0.278. The van der Waals surface area contributed by atoms with Crippen molar-refractivity contribution >= 4 is 28.2 Å². The van der Waals surface area contributed by atoms with Crippen molar-refractivity contribution < 1.29 is 27.4 Å². The van der Waals surface area contributed by atoms with E-state index < -0.39 is 17.8 Å². The number of rotatable bonds is 4. The van der Waals surface area contributed by atoms with E-state index in [0.29, 0.717) is 32.9 Å². The van der Waals surface area contributed by atoms with Gasteiger partial charge in [-0.15, -0.1) is 11.3 Å². The van der Waals surface area contributed by atoms with E-state index in [9.17, 15) is 18.0 Å². The molecule has 0 saturated heterocycles. The van der Waals surface area contributed by atoms with Gasteiger partial charge in [0.15, 0.2) is 0 Å². The molecule has 0 amide bonds. The van der Waals surface area contributed by atoms with E-state index in [1.807, 2.05) is 6.92 Å². The minimum atomic E-state index is -4.57. The zero-order valence-electron chi connectivity index (χ0n) is 14.7. The molecule has 2 aromatic heterocycles. The zero-order valence-corrected chi connectivity index (χ0v) is 15.5. The number of hydrogen-bond acceptors (Lipinski definition) is 6. The van der Waals surface area contributed by atoms with E-state index in [-0.39, 0.29) is 11.3 Å². The first kappa shape index (κ1) is 19.1. The predicted octanol–water partition coefficient (Wildman–Crippen LogP) is 4.73. The van der Waals surface area contributed by atoms with Crippen LogP contribution < -0.4 is 4.74 Å². The third-order valence-electron chi connectivity index (χ3n) is 3.96. The van der Waals surface area contributed by atoms with Crippen molar-refractivity contribution in [3.63, 3.8) is 0 Å². The maximum absolute atomic E-state index is 13.0. The van der Waals surface area contributed by atoms with Gasteiger partial charge in [0, 0.05) is 10.9 Å². The second-order valence-electron chi connectivity index (χ2n) is 5.55. The quantitative estimate of drug-likeness (QED) is 0.597. The molecule has 2 heterocycles. The Morgan fingerprint density at radius 2 is 1.89 bits per heavy atom. The molecule has 0 aliphatic heterocycles. The van der Waals surface area contributed by atoms with Crippen molar-refractivity contribution in [1.82, 2.24) is 9.97 Å². The average Bonchev–Trinajstić information content (AvgIpc) is 3.09. The summed E-state index contributed by atoms with van der Waals surface area (Å²) in [5.74, 6) is -0.272. The summed E-state index contributed by atoms with van der Waals surface area (Å²) in [4.78, 5) is 20.5. The highest BCUT2D eigenvalue weighted by atomic mass is 32.1. The summed E-state index contributed by atoms with van der Waals surface area (Å²) in [5, 5.41) is 0.955. The number of hydrogen-bond donors (Lipinski definition) is 0. The molecule has 0 saturated carbocycles. The van der Waals surface area contributed by atoms with Crippen LogP contribution in [0.3, 0.4) is 0 Å². The lowest BCUT2D eigenvalue weighted by Gasteiger charge is -2.11. The Labute approximate surface area is 156 Å². The number of esters is 1. The summed E-state index contributed by atoms with van der Waals surface area (Å²) >= 11 is 1.13. The van der Waals surface area contributed by atoms with E-state index in [1.165, 1.54) is 26.4 Å². The molecule has 0 radical (unpaired) electrons. The van der Waals surface area contributed by atoms with Crippen LogP contribution in [0, 0.1) is 0 Å². The van der Waals surface area contributed by atoms with Gasteiger partial charge in [0.2, 0.25) is 0 Å². The SMILES string of the molecule is CCc1nc(-c2ccc(OC)c3nc(C(F)(F)F)ccc23)sc1C(=O)OC. The Morgan fingerprint density at radius 1 is 1.15 bits per heavy atom. The molecule has 3 rings (SSSR count). The van der Waals surface area contributed by atoms with E-state index in [4.69, 9.17) is 9.47 Å². The molecule has 0 unspecified atom stereocenters. The molecule has 0 aliphatic carbocycles. The topological polar surface area (TPSA) is 61.3 Å². The van der Waals surface area contributed by atoms with Gasteiger partial charge in [-0.25, -0.2) is 14.8 Å². The van der Waals surface area contributed by atoms with Crippen molar-refractivity contribution in [1.29, 1.82) is 0 Å². The number of methoxy groups -OCH3 is 2. The van der Waals surface area contributed by atoms with Gasteiger partial charge < -0.3 is 9.47 Å². The molecule has 9 heteroatoms. The Hall–Kier alpha value is -2.68. The molecule has 0 N–H and O–H groups in total. The highest BCUT2D eigenvalue weighted by Crippen LogP contribution is 2.38. The van der Waals surface area contributed by atoms with E-state index in [1.54, 1.807) is 6.07 Å². The molecule has 0 spiro atoms. The lowest BCUT2D eigenvalue weighted by atomic mass is 10.1. The Bertz CT molecular complexity index is 1010. The first-order chi connectivity index (χ1) is 12.8. The van der Waals surface area contributed by atoms with Crippen LogP contribution >= 0.6 is 11.3 Å². The number of fused-ring (bicyclic) bond motifs is 1. The largest absolute Gasteiger partial charge is 0.494 e. The van der Waals surface area contributed by atoms with Crippen LogP contribution in [0.25, 0.3) is 21.5 Å². The zero-order chi connectivity index (χ0) is 19.8. The Kier molecular flexibility index (Phi) is 5.05. The number of carbonyl (C=O) groups excluding carboxylic acids is 1. The van der Waals surface area contributed by atoms with Crippen LogP contribution in [-0.2, 0) is 17.3 Å². The van der Waals surface area contributed by atoms with Crippen LogP contribution in [0.5, 0.6) is 5.75 Å². The molecule has 27 heavy (non-hydrogen) atoms. The predicted molar refractivity (Wildman–Crippen MR) is 95.1 cm³/mol. The summed E-state index contributed by atoms with van der Waals surface area (Å²) in [6.45, 7) is 1.86. The summed E-state index contributed by atoms with van der Waals surface area (Å²) in [7, 11) is 2.65. The fourth-order valence-corrected chi connectivity index (χ4v) is 3.77. The third kappa shape index (κ3) is 3.46. The van der Waals surface area contributed by atoms with Gasteiger partial charge in [0.1, 0.15) is 26.8 Å². The first-order valence-electron chi connectivity index (χ1n) is 7.93. The molecule has 3 aromatic rings. The van der Waals surface area contributed by atoms with E-state index in [2.05, 4.69) is 9.97 Å². The third-order valence-corrected chi connectivity index (χ3v) is 5.07. The van der Waals surface area contributed by atoms with Crippen LogP contribution in [0.15, 0.2) is 24.3 Å². The molecular weight excluding hydrogens is 381 g/mol. The van der Waals surface area contributed by atoms with Crippen molar-refractivity contribution in [2.45, 2.75) is 19.5 Å². The van der Waals surface area contributed by atoms with Crippen molar-refractivity contribution in [3.05, 3.63) is 40.5 Å². The second kappa shape index (κ2) is 7.15. The van der Waals surface area contributed by atoms with Crippen molar-refractivity contribution in [2.24, 2.45) is 0 Å². The molecular formula is C18H15F3N2O3S. The smallest absolute Gasteiger partial charge is 0.433 e. The maximum Gasteiger partial charge on any atom is 0.433 e. The molecule has 0 bridgehead atoms. The number of carbonyl (C=O) groups is 1. The van der Waals surface area contributed by atoms with Gasteiger partial charge in [-0.3, -0.25) is 0 Å². The lowest BCUT2D eigenvalue weighted by Crippen LogP contribution is -2.08. The number of ether oxygens (including phenoxy) is 2. The van der Waals surface area contributed by atoms with Gasteiger partial charge in [0.05, 0.1) is 19.9 Å². The molecule has 0 fully saturated rings. The molecule has 5 nitrogen and oxygen atoms in total. The number of benzene rings is 1. The van der Waals surface area contributed by atoms with Gasteiger partial charge in [0.25, 0.3) is 0 Å². The summed E-state index contributed by atoms with van der Waals surface area (Å²) < 4.78 is 49.1. The Morgan fingerprint density at radius 3 is 2.48 bits per heavy atom. The summed E-state index contributed by atoms with van der Waals surface area (Å²) in [5.41, 5.74) is 0.222. The molecule has 142 valence electrons. The first-order valence-corrected chi connectivity index (χ1v) is 8.75. The van der Waals surface area contributed by atoms with Gasteiger partial charge in [-0.1, -0.05) is 6.92 Å². The number of aryl methyl sites for hydroxylation is 1. The number of alkyl halides is 3. The molecule has 0 aliphatic rings. The highest BCUT2D eigenvalue weighted by molar-refractivity contribution is 7.17. The maximum atomic E-state index is 13.0. The monoisotopic (exact) mass is 396 g/mol. The van der Waals surface area contributed by atoms with Crippen LogP contribution in [0.4, 0.5) is 13.2 Å². The Balaban J connectivity index is 2.24. The van der Waals surface area contributed by atoms with E-state index >= 15 is 0 Å². The molecule has 0 atom stereocenters. The minimum Gasteiger partial charge on any atom is -0.494 e. The summed E-state index contributed by atoms with van der Waals surface area (Å²) in [6, 6.07) is 5.49. The van der Waals surface area contributed by atoms with Crippen molar-refractivity contribution in [2.75, 3.05) is 14.2 Å². The number of halogens is 3. The van der Waals surface area contributed by atoms with E-state index in [0.717, 1.165) is 17.4 Å². The second-order valence-corrected chi connectivity index (χ2v) is 6.54. The van der Waals surface area contributed by atoms with Crippen LogP contribution in [0.2, 0.25) is 0 Å². The minimum absolute atomic E-state index is 0.0812. The standard InChI is InChI=1S/C18H15F3N2O3S/c1-4-11-15(17(24)26-3)27-16(22-11)10-5-7-12(25-2)14-9(10)6-8-13(23-14)18(19,20)21/h5-8H,4H2,1-3H3. The average molecular weight is 396 g/mol. The summed E-state index contributed by atoms with van der Waals surface area (Å²) in [6.07, 6.45) is -4.05. The number of nitrogens with zero attached hydrogens (tertiary/aromatic N) is 2. The van der Waals surface area contributed by atoms with Crippen LogP contribution in [-0.4, -0.2) is 30.2 Å². The highest BCUT2D eigenvalue weighted by Gasteiger charge is 2.33. The fourth-order valence-electron chi connectivity index (χ4n) is 2.66. The van der Waals surface area contributed by atoms with Gasteiger partial charge in [-0.2, -0.15) is 13.2 Å². The van der Waals surface area contributed by atoms with Gasteiger partial charge >= 0.3 is 12.1 Å². The number of thiazole rings is 1. The normalized spacial score (nSPS) is 11.6.